The number of nitrogens with zero attached hydrogens (tertiary/aromatic N) is 2. The van der Waals surface area contributed by atoms with Gasteiger partial charge < -0.3 is 24.8 Å². The summed E-state index contributed by atoms with van der Waals surface area (Å²) in [7, 11) is -2.34. The topological polar surface area (TPSA) is 125 Å². The SMILES string of the molecule is C[C@@H]1CN([C@H](C)CO)C(=O)c2cc(NC(=O)c3ccccc3)ccc2O[C@@H](C)CCCCO[C@@H]1CN(C)S(=O)(=O)c1ccc(Cl)cc1. The largest absolute Gasteiger partial charge is 0.490 e. The molecular weight excluding hydrogens is 642 g/mol. The molecule has 0 radical (unpaired) electrons. The lowest BCUT2D eigenvalue weighted by molar-refractivity contribution is -0.00834. The lowest BCUT2D eigenvalue weighted by Crippen LogP contribution is -2.48. The van der Waals surface area contributed by atoms with Crippen molar-refractivity contribution in [2.24, 2.45) is 5.92 Å². The zero-order valence-electron chi connectivity index (χ0n) is 27.3. The van der Waals surface area contributed by atoms with Crippen LogP contribution in [0, 0.1) is 5.92 Å². The van der Waals surface area contributed by atoms with Gasteiger partial charge in [0.1, 0.15) is 5.75 Å². The maximum absolute atomic E-state index is 14.3. The monoisotopic (exact) mass is 685 g/mol. The first kappa shape index (κ1) is 36.4. The number of carbonyl (C=O) groups excluding carboxylic acids is 2. The number of nitrogens with one attached hydrogen (secondary N) is 1. The van der Waals surface area contributed by atoms with Crippen LogP contribution in [0.1, 0.15) is 60.7 Å². The van der Waals surface area contributed by atoms with Crippen molar-refractivity contribution in [1.82, 2.24) is 9.21 Å². The van der Waals surface area contributed by atoms with E-state index in [0.29, 0.717) is 35.1 Å². The van der Waals surface area contributed by atoms with E-state index in [1.165, 1.54) is 35.6 Å². The van der Waals surface area contributed by atoms with Gasteiger partial charge in [-0.05, 0) is 87.7 Å². The number of aliphatic hydroxyl groups excluding tert-OH is 1. The Labute approximate surface area is 282 Å². The molecule has 4 atom stereocenters. The highest BCUT2D eigenvalue weighted by Gasteiger charge is 2.32. The number of hydrogen-bond donors (Lipinski definition) is 2. The molecule has 0 spiro atoms. The number of carbonyl (C=O) groups is 2. The van der Waals surface area contributed by atoms with Crippen LogP contribution in [0.4, 0.5) is 5.69 Å². The predicted octanol–water partition coefficient (Wildman–Crippen LogP) is 5.71. The highest BCUT2D eigenvalue weighted by atomic mass is 35.5. The van der Waals surface area contributed by atoms with Gasteiger partial charge in [-0.1, -0.05) is 36.7 Å². The van der Waals surface area contributed by atoms with E-state index in [0.717, 1.165) is 12.8 Å². The molecule has 1 heterocycles. The van der Waals surface area contributed by atoms with E-state index in [4.69, 9.17) is 21.1 Å². The summed E-state index contributed by atoms with van der Waals surface area (Å²) in [6, 6.07) is 19.2. The number of likely N-dealkylation sites (N-methyl/N-ethyl adjacent to an activating group) is 1. The van der Waals surface area contributed by atoms with Crippen molar-refractivity contribution in [2.45, 2.75) is 63.2 Å². The quantitative estimate of drug-likeness (QED) is 0.311. The minimum absolute atomic E-state index is 0.0490. The van der Waals surface area contributed by atoms with Gasteiger partial charge in [0.2, 0.25) is 10.0 Å². The molecule has 1 aliphatic heterocycles. The van der Waals surface area contributed by atoms with Crippen molar-refractivity contribution >= 4 is 39.1 Å². The van der Waals surface area contributed by atoms with Crippen LogP contribution in [0.15, 0.2) is 77.7 Å². The van der Waals surface area contributed by atoms with E-state index in [2.05, 4.69) is 5.32 Å². The second-order valence-electron chi connectivity index (χ2n) is 12.1. The maximum atomic E-state index is 14.3. The van der Waals surface area contributed by atoms with Crippen molar-refractivity contribution in [3.63, 3.8) is 0 Å². The molecule has 3 aromatic carbocycles. The Bertz CT molecular complexity index is 1610. The molecule has 2 amide bonds. The van der Waals surface area contributed by atoms with Crippen LogP contribution >= 0.6 is 11.6 Å². The zero-order valence-corrected chi connectivity index (χ0v) is 28.8. The molecule has 47 heavy (non-hydrogen) atoms. The summed E-state index contributed by atoms with van der Waals surface area (Å²) in [6.07, 6.45) is 1.45. The first-order valence-corrected chi connectivity index (χ1v) is 17.6. The second-order valence-corrected chi connectivity index (χ2v) is 14.6. The van der Waals surface area contributed by atoms with Crippen molar-refractivity contribution in [3.8, 4) is 5.75 Å². The molecule has 254 valence electrons. The van der Waals surface area contributed by atoms with Crippen LogP contribution in [0.3, 0.4) is 0 Å². The minimum Gasteiger partial charge on any atom is -0.490 e. The number of hydrogen-bond acceptors (Lipinski definition) is 7. The summed E-state index contributed by atoms with van der Waals surface area (Å²) in [6.45, 7) is 5.89. The Kier molecular flexibility index (Phi) is 12.8. The van der Waals surface area contributed by atoms with Crippen molar-refractivity contribution in [1.29, 1.82) is 0 Å². The van der Waals surface area contributed by atoms with E-state index in [-0.39, 0.29) is 48.1 Å². The number of benzene rings is 3. The molecule has 0 bridgehead atoms. The Morgan fingerprint density at radius 3 is 2.47 bits per heavy atom. The maximum Gasteiger partial charge on any atom is 0.258 e. The highest BCUT2D eigenvalue weighted by molar-refractivity contribution is 7.89. The van der Waals surface area contributed by atoms with E-state index in [9.17, 15) is 23.1 Å². The van der Waals surface area contributed by atoms with Gasteiger partial charge in [-0.2, -0.15) is 4.31 Å². The minimum atomic E-state index is -3.84. The van der Waals surface area contributed by atoms with Gasteiger partial charge in [0, 0.05) is 48.9 Å². The Hall–Kier alpha value is -3.48. The summed E-state index contributed by atoms with van der Waals surface area (Å²) >= 11 is 5.98. The molecule has 0 aromatic heterocycles. The van der Waals surface area contributed by atoms with Gasteiger partial charge in [-0.25, -0.2) is 8.42 Å². The van der Waals surface area contributed by atoms with E-state index >= 15 is 0 Å². The molecule has 0 saturated heterocycles. The van der Waals surface area contributed by atoms with Gasteiger partial charge in [0.25, 0.3) is 11.8 Å². The van der Waals surface area contributed by atoms with Crippen LogP contribution in [0.5, 0.6) is 5.75 Å². The summed E-state index contributed by atoms with van der Waals surface area (Å²) in [4.78, 5) is 28.9. The molecule has 12 heteroatoms. The smallest absolute Gasteiger partial charge is 0.258 e. The van der Waals surface area contributed by atoms with Crippen LogP contribution in [0.2, 0.25) is 5.02 Å². The number of rotatable bonds is 8. The molecule has 0 unspecified atom stereocenters. The van der Waals surface area contributed by atoms with Crippen LogP contribution in [0.25, 0.3) is 0 Å². The molecule has 3 aromatic rings. The molecule has 10 nitrogen and oxygen atoms in total. The van der Waals surface area contributed by atoms with E-state index < -0.39 is 28.1 Å². The second kappa shape index (κ2) is 16.6. The Morgan fingerprint density at radius 2 is 1.79 bits per heavy atom. The fourth-order valence-electron chi connectivity index (χ4n) is 5.39. The highest BCUT2D eigenvalue weighted by Crippen LogP contribution is 2.29. The molecule has 1 aliphatic rings. The number of halogens is 1. The number of aliphatic hydroxyl groups is 1. The third-order valence-electron chi connectivity index (χ3n) is 8.30. The Morgan fingerprint density at radius 1 is 1.09 bits per heavy atom. The average Bonchev–Trinajstić information content (AvgIpc) is 3.06. The first-order chi connectivity index (χ1) is 22.4. The van der Waals surface area contributed by atoms with Crippen molar-refractivity contribution in [2.75, 3.05) is 38.7 Å². The van der Waals surface area contributed by atoms with Gasteiger partial charge in [-0.3, -0.25) is 9.59 Å². The number of sulfonamides is 1. The number of amides is 2. The number of fused-ring (bicyclic) bond motifs is 1. The molecule has 2 N–H and O–H groups in total. The molecular formula is C35H44ClN3O7S. The summed E-state index contributed by atoms with van der Waals surface area (Å²) < 4.78 is 40.7. The Balaban J connectivity index is 1.65. The van der Waals surface area contributed by atoms with Gasteiger partial charge in [0.05, 0.1) is 35.3 Å². The van der Waals surface area contributed by atoms with Crippen LogP contribution in [-0.2, 0) is 14.8 Å². The molecule has 0 aliphatic carbocycles. The summed E-state index contributed by atoms with van der Waals surface area (Å²) in [5.74, 6) is -0.668. The van der Waals surface area contributed by atoms with E-state index in [1.807, 2.05) is 19.9 Å². The number of ether oxygens (including phenoxy) is 2. The average molecular weight is 686 g/mol. The van der Waals surface area contributed by atoms with E-state index in [1.54, 1.807) is 54.3 Å². The van der Waals surface area contributed by atoms with Gasteiger partial charge in [-0.15, -0.1) is 0 Å². The standard InChI is InChI=1S/C35H44ClN3O7S/c1-24-21-39(25(2)23-40)35(42)31-20-29(37-34(41)27-11-6-5-7-12-27)15-18-32(31)46-26(3)10-8-9-19-45-33(24)22-38(4)47(43,44)30-16-13-28(36)14-17-30/h5-7,11-18,20,24-26,33,40H,8-10,19,21-23H2,1-4H3,(H,37,41)/t24-,25-,26+,33-/m1/s1. The predicted molar refractivity (Wildman–Crippen MR) is 183 cm³/mol. The molecule has 0 fully saturated rings. The molecule has 4 rings (SSSR count). The lowest BCUT2D eigenvalue weighted by Gasteiger charge is -2.35. The zero-order chi connectivity index (χ0) is 34.1. The summed E-state index contributed by atoms with van der Waals surface area (Å²) in [5.41, 5.74) is 1.14. The fraction of sp³-hybridized carbons (Fsp3) is 0.429. The number of anilines is 1. The lowest BCUT2D eigenvalue weighted by atomic mass is 10.0. The first-order valence-electron chi connectivity index (χ1n) is 15.8. The van der Waals surface area contributed by atoms with Crippen LogP contribution < -0.4 is 10.1 Å². The third-order valence-corrected chi connectivity index (χ3v) is 10.4. The summed E-state index contributed by atoms with van der Waals surface area (Å²) in [5, 5.41) is 13.5. The van der Waals surface area contributed by atoms with Gasteiger partial charge >= 0.3 is 0 Å². The van der Waals surface area contributed by atoms with Gasteiger partial charge in [0.15, 0.2) is 0 Å². The van der Waals surface area contributed by atoms with Crippen molar-refractivity contribution < 1.29 is 32.6 Å². The van der Waals surface area contributed by atoms with Crippen molar-refractivity contribution in [3.05, 3.63) is 88.9 Å². The normalized spacial score (nSPS) is 20.5. The van der Waals surface area contributed by atoms with Crippen LogP contribution in [-0.4, -0.2) is 86.1 Å². The fourth-order valence-corrected chi connectivity index (χ4v) is 6.70. The molecule has 0 saturated carbocycles. The third kappa shape index (κ3) is 9.55.